The molecule has 0 unspecified atom stereocenters. The highest BCUT2D eigenvalue weighted by Gasteiger charge is 2.16. The molecule has 1 aromatic rings. The summed E-state index contributed by atoms with van der Waals surface area (Å²) in [7, 11) is 0. The molecule has 100 valence electrons. The molecule has 0 aromatic heterocycles. The number of benzene rings is 1. The minimum atomic E-state index is 0.842. The maximum Gasteiger partial charge on any atom is 0.119 e. The van der Waals surface area contributed by atoms with E-state index >= 15 is 0 Å². The van der Waals surface area contributed by atoms with Crippen LogP contribution in [0.3, 0.4) is 0 Å². The Kier molecular flexibility index (Phi) is 5.53. The van der Waals surface area contributed by atoms with Gasteiger partial charge >= 0.3 is 0 Å². The highest BCUT2D eigenvalue weighted by Crippen LogP contribution is 2.14. The lowest BCUT2D eigenvalue weighted by Crippen LogP contribution is -2.89. The standard InChI is InChI=1S/C16H25NO/c1-2-14-8-10-16(11-9-14)18-13-5-12-17-15-6-3-4-7-15/h8-11,15,17H,2-7,12-13H2,1H3/p+1. The van der Waals surface area contributed by atoms with E-state index in [1.807, 2.05) is 0 Å². The van der Waals surface area contributed by atoms with E-state index in [2.05, 4.69) is 36.5 Å². The first kappa shape index (κ1) is 13.4. The maximum atomic E-state index is 5.75. The highest BCUT2D eigenvalue weighted by molar-refractivity contribution is 5.27. The van der Waals surface area contributed by atoms with Crippen molar-refractivity contribution in [2.24, 2.45) is 0 Å². The third-order valence-electron chi connectivity index (χ3n) is 3.85. The minimum absolute atomic E-state index is 0.842. The largest absolute Gasteiger partial charge is 0.493 e. The van der Waals surface area contributed by atoms with Crippen LogP contribution in [0.25, 0.3) is 0 Å². The first-order valence-corrected chi connectivity index (χ1v) is 7.43. The molecule has 0 saturated heterocycles. The lowest BCUT2D eigenvalue weighted by atomic mass is 10.2. The fourth-order valence-electron chi connectivity index (χ4n) is 2.64. The minimum Gasteiger partial charge on any atom is -0.493 e. The Hall–Kier alpha value is -1.02. The van der Waals surface area contributed by atoms with Crippen LogP contribution in [-0.4, -0.2) is 19.2 Å². The Morgan fingerprint density at radius 1 is 1.17 bits per heavy atom. The molecule has 2 heteroatoms. The highest BCUT2D eigenvalue weighted by atomic mass is 16.5. The zero-order valence-electron chi connectivity index (χ0n) is 11.5. The van der Waals surface area contributed by atoms with Crippen LogP contribution in [-0.2, 0) is 6.42 Å². The van der Waals surface area contributed by atoms with Crippen molar-refractivity contribution in [2.45, 2.75) is 51.5 Å². The summed E-state index contributed by atoms with van der Waals surface area (Å²) in [5.74, 6) is 1.01. The first-order chi connectivity index (χ1) is 8.88. The van der Waals surface area contributed by atoms with Gasteiger partial charge in [-0.1, -0.05) is 19.1 Å². The fraction of sp³-hybridized carbons (Fsp3) is 0.625. The Labute approximate surface area is 111 Å². The van der Waals surface area contributed by atoms with Crippen molar-refractivity contribution in [3.63, 3.8) is 0 Å². The van der Waals surface area contributed by atoms with Crippen molar-refractivity contribution in [3.8, 4) is 5.75 Å². The topological polar surface area (TPSA) is 25.8 Å². The molecule has 0 bridgehead atoms. The Bertz CT molecular complexity index is 327. The van der Waals surface area contributed by atoms with E-state index in [1.54, 1.807) is 0 Å². The number of hydrogen-bond acceptors (Lipinski definition) is 1. The van der Waals surface area contributed by atoms with Gasteiger partial charge in [0, 0.05) is 6.42 Å². The molecule has 1 aliphatic rings. The van der Waals surface area contributed by atoms with Gasteiger partial charge in [-0.05, 0) is 49.8 Å². The normalized spacial score (nSPS) is 16.1. The fourth-order valence-corrected chi connectivity index (χ4v) is 2.64. The first-order valence-electron chi connectivity index (χ1n) is 7.43. The van der Waals surface area contributed by atoms with Crippen LogP contribution in [0.1, 0.15) is 44.6 Å². The third kappa shape index (κ3) is 4.34. The van der Waals surface area contributed by atoms with E-state index in [0.717, 1.165) is 31.2 Å². The number of hydrogen-bond donors (Lipinski definition) is 1. The Morgan fingerprint density at radius 3 is 2.56 bits per heavy atom. The van der Waals surface area contributed by atoms with Crippen LogP contribution in [0.5, 0.6) is 5.75 Å². The van der Waals surface area contributed by atoms with E-state index in [9.17, 15) is 0 Å². The molecule has 18 heavy (non-hydrogen) atoms. The molecule has 1 saturated carbocycles. The molecule has 0 spiro atoms. The molecule has 0 radical (unpaired) electrons. The summed E-state index contributed by atoms with van der Waals surface area (Å²) in [4.78, 5) is 0. The van der Waals surface area contributed by atoms with Gasteiger partial charge in [0.25, 0.3) is 0 Å². The van der Waals surface area contributed by atoms with Crippen molar-refractivity contribution < 1.29 is 10.1 Å². The third-order valence-corrected chi connectivity index (χ3v) is 3.85. The average Bonchev–Trinajstić information content (AvgIpc) is 2.92. The lowest BCUT2D eigenvalue weighted by Gasteiger charge is -2.09. The molecule has 2 nitrogen and oxygen atoms in total. The van der Waals surface area contributed by atoms with Crippen molar-refractivity contribution in [2.75, 3.05) is 13.2 Å². The maximum absolute atomic E-state index is 5.75. The number of rotatable bonds is 7. The molecule has 0 atom stereocenters. The van der Waals surface area contributed by atoms with Gasteiger partial charge in [0.05, 0.1) is 19.2 Å². The predicted octanol–water partition coefficient (Wildman–Crippen LogP) is 2.52. The van der Waals surface area contributed by atoms with Crippen molar-refractivity contribution in [3.05, 3.63) is 29.8 Å². The zero-order chi connectivity index (χ0) is 12.6. The summed E-state index contributed by atoms with van der Waals surface area (Å²) in [6.07, 6.45) is 7.93. The van der Waals surface area contributed by atoms with Crippen LogP contribution >= 0.6 is 0 Å². The molecule has 0 heterocycles. The van der Waals surface area contributed by atoms with Crippen molar-refractivity contribution in [1.29, 1.82) is 0 Å². The molecule has 0 amide bonds. The molecule has 2 rings (SSSR count). The second kappa shape index (κ2) is 7.42. The summed E-state index contributed by atoms with van der Waals surface area (Å²) in [5, 5.41) is 2.51. The molecule has 1 fully saturated rings. The zero-order valence-corrected chi connectivity index (χ0v) is 11.5. The van der Waals surface area contributed by atoms with Gasteiger partial charge in [-0.25, -0.2) is 0 Å². The summed E-state index contributed by atoms with van der Waals surface area (Å²) < 4.78 is 5.75. The Balaban J connectivity index is 1.56. The average molecular weight is 248 g/mol. The molecular formula is C16H26NO+. The second-order valence-corrected chi connectivity index (χ2v) is 5.27. The second-order valence-electron chi connectivity index (χ2n) is 5.27. The lowest BCUT2D eigenvalue weighted by molar-refractivity contribution is -0.688. The quantitative estimate of drug-likeness (QED) is 0.737. The van der Waals surface area contributed by atoms with Crippen LogP contribution in [0, 0.1) is 0 Å². The number of ether oxygens (including phenoxy) is 1. The molecule has 2 N–H and O–H groups in total. The van der Waals surface area contributed by atoms with E-state index in [4.69, 9.17) is 4.74 Å². The smallest absolute Gasteiger partial charge is 0.119 e. The SMILES string of the molecule is CCc1ccc(OCCC[NH2+]C2CCCC2)cc1. The van der Waals surface area contributed by atoms with Crippen LogP contribution in [0.15, 0.2) is 24.3 Å². The monoisotopic (exact) mass is 248 g/mol. The molecule has 1 aromatic carbocycles. The van der Waals surface area contributed by atoms with Gasteiger partial charge in [0.2, 0.25) is 0 Å². The van der Waals surface area contributed by atoms with Crippen LogP contribution < -0.4 is 10.1 Å². The Morgan fingerprint density at radius 2 is 1.89 bits per heavy atom. The predicted molar refractivity (Wildman–Crippen MR) is 75.0 cm³/mol. The number of quaternary nitrogens is 1. The van der Waals surface area contributed by atoms with Crippen molar-refractivity contribution >= 4 is 0 Å². The summed E-state index contributed by atoms with van der Waals surface area (Å²) in [6, 6.07) is 9.37. The van der Waals surface area contributed by atoms with Gasteiger partial charge in [-0.3, -0.25) is 0 Å². The van der Waals surface area contributed by atoms with Gasteiger partial charge in [0.15, 0.2) is 0 Å². The summed E-state index contributed by atoms with van der Waals surface area (Å²) in [6.45, 7) is 4.22. The van der Waals surface area contributed by atoms with Gasteiger partial charge in [-0.15, -0.1) is 0 Å². The summed E-state index contributed by atoms with van der Waals surface area (Å²) >= 11 is 0. The van der Waals surface area contributed by atoms with Crippen LogP contribution in [0.4, 0.5) is 0 Å². The number of aryl methyl sites for hydroxylation is 1. The van der Waals surface area contributed by atoms with Gasteiger partial charge in [0.1, 0.15) is 5.75 Å². The van der Waals surface area contributed by atoms with E-state index in [0.29, 0.717) is 0 Å². The van der Waals surface area contributed by atoms with E-state index < -0.39 is 0 Å². The van der Waals surface area contributed by atoms with Crippen LogP contribution in [0.2, 0.25) is 0 Å². The van der Waals surface area contributed by atoms with Gasteiger partial charge < -0.3 is 10.1 Å². The van der Waals surface area contributed by atoms with Gasteiger partial charge in [-0.2, -0.15) is 0 Å². The molecular weight excluding hydrogens is 222 g/mol. The summed E-state index contributed by atoms with van der Waals surface area (Å²) in [5.41, 5.74) is 1.37. The molecule has 1 aliphatic carbocycles. The van der Waals surface area contributed by atoms with Crippen molar-refractivity contribution in [1.82, 2.24) is 0 Å². The van der Waals surface area contributed by atoms with E-state index in [-0.39, 0.29) is 0 Å². The molecule has 0 aliphatic heterocycles. The number of nitrogens with two attached hydrogens (primary N) is 1. The van der Waals surface area contributed by atoms with E-state index in [1.165, 1.54) is 37.8 Å².